The van der Waals surface area contributed by atoms with Crippen molar-refractivity contribution in [3.05, 3.63) is 47.4 Å². The van der Waals surface area contributed by atoms with E-state index in [4.69, 9.17) is 4.74 Å². The van der Waals surface area contributed by atoms with Gasteiger partial charge in [-0.3, -0.25) is 4.79 Å². The van der Waals surface area contributed by atoms with E-state index in [0.29, 0.717) is 18.7 Å². The molecule has 1 saturated heterocycles. The molecule has 2 aromatic rings. The highest BCUT2D eigenvalue weighted by Crippen LogP contribution is 2.23. The summed E-state index contributed by atoms with van der Waals surface area (Å²) in [6.45, 7) is 8.18. The van der Waals surface area contributed by atoms with Crippen LogP contribution in [0.2, 0.25) is 0 Å². The Balaban J connectivity index is 1.75. The van der Waals surface area contributed by atoms with Crippen LogP contribution >= 0.6 is 0 Å². The summed E-state index contributed by atoms with van der Waals surface area (Å²) < 4.78 is 5.80. The molecule has 1 atom stereocenters. The third-order valence-corrected chi connectivity index (χ3v) is 5.14. The van der Waals surface area contributed by atoms with Gasteiger partial charge in [0.15, 0.2) is 0 Å². The van der Waals surface area contributed by atoms with E-state index in [2.05, 4.69) is 16.9 Å². The van der Waals surface area contributed by atoms with Gasteiger partial charge in [-0.2, -0.15) is 0 Å². The van der Waals surface area contributed by atoms with Crippen molar-refractivity contribution in [2.24, 2.45) is 0 Å². The lowest BCUT2D eigenvalue weighted by molar-refractivity contribution is -0.00311. The Labute approximate surface area is 161 Å². The fraction of sp³-hybridized carbons (Fsp3) is 0.500. The zero-order valence-corrected chi connectivity index (χ0v) is 16.6. The van der Waals surface area contributed by atoms with Gasteiger partial charge < -0.3 is 9.64 Å². The van der Waals surface area contributed by atoms with Crippen LogP contribution in [-0.2, 0) is 11.2 Å². The fourth-order valence-corrected chi connectivity index (χ4v) is 3.51. The number of carbonyl (C=O) groups excluding carboxylic acids is 1. The van der Waals surface area contributed by atoms with Crippen molar-refractivity contribution in [1.82, 2.24) is 14.9 Å². The number of ether oxygens (including phenoxy) is 1. The first-order valence-corrected chi connectivity index (χ1v) is 9.96. The van der Waals surface area contributed by atoms with Crippen LogP contribution in [-0.4, -0.2) is 46.6 Å². The second kappa shape index (κ2) is 9.09. The number of likely N-dealkylation sites (N-methyl/N-ethyl adjacent to an activating group) is 1. The Morgan fingerprint density at radius 2 is 2.00 bits per heavy atom. The molecule has 2 heterocycles. The molecule has 1 amide bonds. The Morgan fingerprint density at radius 3 is 2.63 bits per heavy atom. The van der Waals surface area contributed by atoms with Gasteiger partial charge in [0.1, 0.15) is 5.82 Å². The van der Waals surface area contributed by atoms with Gasteiger partial charge >= 0.3 is 0 Å². The van der Waals surface area contributed by atoms with Gasteiger partial charge in [-0.25, -0.2) is 9.97 Å². The molecule has 1 fully saturated rings. The molecule has 0 spiro atoms. The molecule has 0 aliphatic carbocycles. The van der Waals surface area contributed by atoms with Gasteiger partial charge in [0.25, 0.3) is 5.91 Å². The summed E-state index contributed by atoms with van der Waals surface area (Å²) in [5, 5.41) is 0. The van der Waals surface area contributed by atoms with Gasteiger partial charge in [-0.15, -0.1) is 0 Å². The highest BCUT2D eigenvalue weighted by Gasteiger charge is 2.21. The van der Waals surface area contributed by atoms with Gasteiger partial charge in [0, 0.05) is 37.0 Å². The number of aryl methyl sites for hydroxylation is 2. The minimum Gasteiger partial charge on any atom is -0.376 e. The van der Waals surface area contributed by atoms with E-state index in [1.165, 1.54) is 6.42 Å². The Morgan fingerprint density at radius 1 is 1.22 bits per heavy atom. The average Bonchev–Trinajstić information content (AvgIpc) is 2.72. The van der Waals surface area contributed by atoms with Crippen LogP contribution in [0.25, 0.3) is 11.3 Å². The molecule has 1 aromatic carbocycles. The minimum absolute atomic E-state index is 0.0628. The van der Waals surface area contributed by atoms with Crippen LogP contribution in [0.15, 0.2) is 30.5 Å². The van der Waals surface area contributed by atoms with Crippen molar-refractivity contribution in [3.63, 3.8) is 0 Å². The van der Waals surface area contributed by atoms with Crippen molar-refractivity contribution in [3.8, 4) is 11.3 Å². The van der Waals surface area contributed by atoms with E-state index in [0.717, 1.165) is 48.5 Å². The number of hydrogen-bond acceptors (Lipinski definition) is 4. The number of rotatable bonds is 6. The molecule has 0 unspecified atom stereocenters. The highest BCUT2D eigenvalue weighted by atomic mass is 16.5. The van der Waals surface area contributed by atoms with Crippen LogP contribution in [0.1, 0.15) is 54.9 Å². The zero-order chi connectivity index (χ0) is 19.2. The van der Waals surface area contributed by atoms with Crippen molar-refractivity contribution in [2.45, 2.75) is 52.6 Å². The molecule has 3 rings (SSSR count). The molecule has 0 N–H and O–H groups in total. The lowest BCUT2D eigenvalue weighted by Crippen LogP contribution is -2.39. The average molecular weight is 367 g/mol. The van der Waals surface area contributed by atoms with Crippen LogP contribution < -0.4 is 0 Å². The predicted octanol–water partition coefficient (Wildman–Crippen LogP) is 4.05. The second-order valence-corrected chi connectivity index (χ2v) is 7.05. The first-order chi connectivity index (χ1) is 13.1. The predicted molar refractivity (Wildman–Crippen MR) is 107 cm³/mol. The molecule has 1 aromatic heterocycles. The van der Waals surface area contributed by atoms with Crippen molar-refractivity contribution >= 4 is 5.91 Å². The van der Waals surface area contributed by atoms with Gasteiger partial charge in [-0.05, 0) is 57.2 Å². The number of amides is 1. The maximum Gasteiger partial charge on any atom is 0.253 e. The lowest BCUT2D eigenvalue weighted by Gasteiger charge is -2.29. The zero-order valence-electron chi connectivity index (χ0n) is 16.6. The third kappa shape index (κ3) is 4.72. The van der Waals surface area contributed by atoms with E-state index in [1.54, 1.807) is 0 Å². The largest absolute Gasteiger partial charge is 0.376 e. The Hall–Kier alpha value is -2.27. The molecular formula is C22H29N3O2. The Kier molecular flexibility index (Phi) is 6.56. The first-order valence-electron chi connectivity index (χ1n) is 9.96. The monoisotopic (exact) mass is 367 g/mol. The van der Waals surface area contributed by atoms with Crippen LogP contribution in [0.5, 0.6) is 0 Å². The maximum absolute atomic E-state index is 12.9. The topological polar surface area (TPSA) is 55.3 Å². The highest BCUT2D eigenvalue weighted by molar-refractivity contribution is 5.94. The van der Waals surface area contributed by atoms with E-state index >= 15 is 0 Å². The number of carbonyl (C=O) groups is 1. The van der Waals surface area contributed by atoms with E-state index < -0.39 is 0 Å². The molecule has 0 bridgehead atoms. The fourth-order valence-electron chi connectivity index (χ4n) is 3.51. The normalized spacial score (nSPS) is 16.9. The SMILES string of the molecule is CCc1cnc(C)nc1-c1ccc(C(=O)N(CC)C[C@@H]2CCCCO2)cc1. The Bertz CT molecular complexity index is 768. The molecule has 0 saturated carbocycles. The molecule has 0 radical (unpaired) electrons. The standard InChI is InChI=1S/C22H29N3O2/c1-4-17-14-23-16(3)24-21(17)18-9-11-19(12-10-18)22(26)25(5-2)15-20-8-6-7-13-27-20/h9-12,14,20H,4-8,13,15H2,1-3H3/t20-/m0/s1. The van der Waals surface area contributed by atoms with E-state index in [9.17, 15) is 4.79 Å². The van der Waals surface area contributed by atoms with Crippen molar-refractivity contribution < 1.29 is 9.53 Å². The molecule has 5 nitrogen and oxygen atoms in total. The van der Waals surface area contributed by atoms with Crippen LogP contribution in [0, 0.1) is 6.92 Å². The molecule has 27 heavy (non-hydrogen) atoms. The number of hydrogen-bond donors (Lipinski definition) is 0. The van der Waals surface area contributed by atoms with Crippen LogP contribution in [0.3, 0.4) is 0 Å². The summed E-state index contributed by atoms with van der Waals surface area (Å²) in [4.78, 5) is 23.7. The summed E-state index contributed by atoms with van der Waals surface area (Å²) in [7, 11) is 0. The van der Waals surface area contributed by atoms with E-state index in [1.807, 2.05) is 49.2 Å². The summed E-state index contributed by atoms with van der Waals surface area (Å²) in [6.07, 6.45) is 6.28. The molecule has 144 valence electrons. The summed E-state index contributed by atoms with van der Waals surface area (Å²) in [5.74, 6) is 0.819. The summed E-state index contributed by atoms with van der Waals surface area (Å²) >= 11 is 0. The first kappa shape index (κ1) is 19.5. The quantitative estimate of drug-likeness (QED) is 0.773. The smallest absolute Gasteiger partial charge is 0.253 e. The lowest BCUT2D eigenvalue weighted by atomic mass is 10.0. The number of aromatic nitrogens is 2. The van der Waals surface area contributed by atoms with Crippen molar-refractivity contribution in [2.75, 3.05) is 19.7 Å². The van der Waals surface area contributed by atoms with Crippen LogP contribution in [0.4, 0.5) is 0 Å². The third-order valence-electron chi connectivity index (χ3n) is 5.14. The minimum atomic E-state index is 0.0628. The molecular weight excluding hydrogens is 338 g/mol. The maximum atomic E-state index is 12.9. The molecule has 5 heteroatoms. The summed E-state index contributed by atoms with van der Waals surface area (Å²) in [5.41, 5.74) is 3.80. The van der Waals surface area contributed by atoms with Gasteiger partial charge in [0.05, 0.1) is 11.8 Å². The molecule has 1 aliphatic heterocycles. The number of benzene rings is 1. The number of nitrogens with zero attached hydrogens (tertiary/aromatic N) is 3. The van der Waals surface area contributed by atoms with E-state index in [-0.39, 0.29) is 12.0 Å². The van der Waals surface area contributed by atoms with Gasteiger partial charge in [-0.1, -0.05) is 19.1 Å². The summed E-state index contributed by atoms with van der Waals surface area (Å²) in [6, 6.07) is 7.77. The molecule has 1 aliphatic rings. The second-order valence-electron chi connectivity index (χ2n) is 7.05. The van der Waals surface area contributed by atoms with Crippen molar-refractivity contribution in [1.29, 1.82) is 0 Å². The van der Waals surface area contributed by atoms with Gasteiger partial charge in [0.2, 0.25) is 0 Å².